The summed E-state index contributed by atoms with van der Waals surface area (Å²) < 4.78 is 6.23. The van der Waals surface area contributed by atoms with Gasteiger partial charge in [-0.05, 0) is 23.6 Å². The third-order valence-corrected chi connectivity index (χ3v) is 4.08. The molecular formula is C13H15BrN4O. The molecule has 2 aromatic rings. The van der Waals surface area contributed by atoms with E-state index in [1.54, 1.807) is 0 Å². The molecule has 3 rings (SSSR count). The zero-order chi connectivity index (χ0) is 13.2. The van der Waals surface area contributed by atoms with Crippen LogP contribution in [0.3, 0.4) is 0 Å². The Morgan fingerprint density at radius 2 is 2.32 bits per heavy atom. The summed E-state index contributed by atoms with van der Waals surface area (Å²) in [5.74, 6) is 1.20. The highest BCUT2D eigenvalue weighted by molar-refractivity contribution is 9.10. The van der Waals surface area contributed by atoms with Crippen molar-refractivity contribution in [3.8, 4) is 0 Å². The predicted octanol–water partition coefficient (Wildman–Crippen LogP) is 1.85. The molecule has 0 bridgehead atoms. The standard InChI is InChI=1S/C13H15BrN4O/c14-11-3-1-2-9-7-18(5-4-10(9)11)8-12-16-13(6-15)19-17-12/h1-3H,4-8,15H2. The van der Waals surface area contributed by atoms with Gasteiger partial charge in [-0.1, -0.05) is 33.2 Å². The van der Waals surface area contributed by atoms with Crippen LogP contribution in [0.5, 0.6) is 0 Å². The van der Waals surface area contributed by atoms with Crippen LogP contribution in [0.15, 0.2) is 27.2 Å². The van der Waals surface area contributed by atoms with Crippen molar-refractivity contribution in [1.82, 2.24) is 15.0 Å². The average Bonchev–Trinajstić information content (AvgIpc) is 2.86. The summed E-state index contributed by atoms with van der Waals surface area (Å²) in [5, 5.41) is 3.94. The SMILES string of the molecule is NCc1nc(CN2CCc3c(Br)cccc3C2)no1. The number of fused-ring (bicyclic) bond motifs is 1. The Morgan fingerprint density at radius 1 is 1.42 bits per heavy atom. The number of nitrogens with two attached hydrogens (primary N) is 1. The minimum Gasteiger partial charge on any atom is -0.338 e. The molecule has 6 heteroatoms. The number of halogens is 1. The van der Waals surface area contributed by atoms with Crippen molar-refractivity contribution in [2.45, 2.75) is 26.1 Å². The van der Waals surface area contributed by atoms with Gasteiger partial charge in [0.15, 0.2) is 5.82 Å². The molecule has 2 heterocycles. The fourth-order valence-electron chi connectivity index (χ4n) is 2.39. The largest absolute Gasteiger partial charge is 0.338 e. The first-order chi connectivity index (χ1) is 9.26. The molecule has 0 saturated heterocycles. The smallest absolute Gasteiger partial charge is 0.240 e. The van der Waals surface area contributed by atoms with Crippen LogP contribution in [0.4, 0.5) is 0 Å². The maximum Gasteiger partial charge on any atom is 0.240 e. The van der Waals surface area contributed by atoms with Gasteiger partial charge in [0.25, 0.3) is 0 Å². The van der Waals surface area contributed by atoms with E-state index >= 15 is 0 Å². The summed E-state index contributed by atoms with van der Waals surface area (Å²) in [7, 11) is 0. The second kappa shape index (κ2) is 5.40. The van der Waals surface area contributed by atoms with Crippen LogP contribution in [0.1, 0.15) is 22.8 Å². The molecule has 1 aliphatic rings. The molecule has 0 atom stereocenters. The average molecular weight is 323 g/mol. The first-order valence-corrected chi connectivity index (χ1v) is 7.05. The third-order valence-electron chi connectivity index (χ3n) is 3.34. The second-order valence-corrected chi connectivity index (χ2v) is 5.50. The number of benzene rings is 1. The molecule has 0 radical (unpaired) electrons. The number of nitrogens with zero attached hydrogens (tertiary/aromatic N) is 3. The number of aromatic nitrogens is 2. The molecule has 0 aliphatic carbocycles. The molecule has 2 N–H and O–H groups in total. The van der Waals surface area contributed by atoms with E-state index in [0.717, 1.165) is 19.5 Å². The van der Waals surface area contributed by atoms with Gasteiger partial charge in [0.05, 0.1) is 13.1 Å². The number of hydrogen-bond acceptors (Lipinski definition) is 5. The molecule has 1 aromatic heterocycles. The molecule has 5 nitrogen and oxygen atoms in total. The summed E-state index contributed by atoms with van der Waals surface area (Å²) in [4.78, 5) is 6.56. The third kappa shape index (κ3) is 2.70. The quantitative estimate of drug-likeness (QED) is 0.934. The van der Waals surface area contributed by atoms with Crippen molar-refractivity contribution in [3.63, 3.8) is 0 Å². The molecular weight excluding hydrogens is 308 g/mol. The van der Waals surface area contributed by atoms with Crippen LogP contribution < -0.4 is 5.73 Å². The van der Waals surface area contributed by atoms with Gasteiger partial charge < -0.3 is 10.3 Å². The maximum absolute atomic E-state index is 5.46. The van der Waals surface area contributed by atoms with Gasteiger partial charge >= 0.3 is 0 Å². The lowest BCUT2D eigenvalue weighted by molar-refractivity contribution is 0.235. The fraction of sp³-hybridized carbons (Fsp3) is 0.385. The lowest BCUT2D eigenvalue weighted by Crippen LogP contribution is -2.30. The molecule has 100 valence electrons. The molecule has 0 unspecified atom stereocenters. The minimum atomic E-state index is 0.294. The van der Waals surface area contributed by atoms with Crippen LogP contribution in [-0.2, 0) is 26.1 Å². The van der Waals surface area contributed by atoms with Crippen molar-refractivity contribution in [3.05, 3.63) is 45.5 Å². The highest BCUT2D eigenvalue weighted by Gasteiger charge is 2.19. The van der Waals surface area contributed by atoms with E-state index < -0.39 is 0 Å². The molecule has 0 saturated carbocycles. The summed E-state index contributed by atoms with van der Waals surface area (Å²) in [6.45, 7) is 2.92. The topological polar surface area (TPSA) is 68.2 Å². The Balaban J connectivity index is 1.72. The van der Waals surface area contributed by atoms with Crippen LogP contribution >= 0.6 is 15.9 Å². The van der Waals surface area contributed by atoms with Crippen LogP contribution in [0, 0.1) is 0 Å². The van der Waals surface area contributed by atoms with Gasteiger partial charge in [0.1, 0.15) is 0 Å². The van der Waals surface area contributed by atoms with Crippen molar-refractivity contribution in [2.24, 2.45) is 5.73 Å². The lowest BCUT2D eigenvalue weighted by atomic mass is 10.00. The minimum absolute atomic E-state index is 0.294. The molecule has 19 heavy (non-hydrogen) atoms. The molecule has 1 aromatic carbocycles. The number of rotatable bonds is 3. The van der Waals surface area contributed by atoms with Gasteiger partial charge in [0.2, 0.25) is 5.89 Å². The highest BCUT2D eigenvalue weighted by atomic mass is 79.9. The van der Waals surface area contributed by atoms with E-state index in [1.165, 1.54) is 15.6 Å². The zero-order valence-corrected chi connectivity index (χ0v) is 12.1. The maximum atomic E-state index is 5.46. The monoisotopic (exact) mass is 322 g/mol. The van der Waals surface area contributed by atoms with Crippen molar-refractivity contribution in [1.29, 1.82) is 0 Å². The molecule has 0 fully saturated rings. The van der Waals surface area contributed by atoms with Gasteiger partial charge in [-0.2, -0.15) is 4.98 Å². The Kier molecular flexibility index (Phi) is 3.63. The summed E-state index contributed by atoms with van der Waals surface area (Å²) in [6, 6.07) is 6.35. The van der Waals surface area contributed by atoms with Crippen LogP contribution in [0.2, 0.25) is 0 Å². The summed E-state index contributed by atoms with van der Waals surface area (Å²) in [6.07, 6.45) is 1.04. The van der Waals surface area contributed by atoms with Crippen LogP contribution in [0.25, 0.3) is 0 Å². The van der Waals surface area contributed by atoms with Gasteiger partial charge in [0, 0.05) is 17.6 Å². The van der Waals surface area contributed by atoms with Crippen LogP contribution in [-0.4, -0.2) is 21.6 Å². The van der Waals surface area contributed by atoms with E-state index in [9.17, 15) is 0 Å². The van der Waals surface area contributed by atoms with E-state index in [-0.39, 0.29) is 0 Å². The van der Waals surface area contributed by atoms with Gasteiger partial charge in [-0.15, -0.1) is 0 Å². The first-order valence-electron chi connectivity index (χ1n) is 6.26. The Bertz CT molecular complexity index is 584. The molecule has 0 amide bonds. The first kappa shape index (κ1) is 12.8. The van der Waals surface area contributed by atoms with Gasteiger partial charge in [-0.25, -0.2) is 0 Å². The predicted molar refractivity (Wildman–Crippen MR) is 74.1 cm³/mol. The van der Waals surface area contributed by atoms with Crippen molar-refractivity contribution >= 4 is 15.9 Å². The lowest BCUT2D eigenvalue weighted by Gasteiger charge is -2.28. The van der Waals surface area contributed by atoms with E-state index in [1.807, 2.05) is 0 Å². The van der Waals surface area contributed by atoms with E-state index in [4.69, 9.17) is 10.3 Å². The number of hydrogen-bond donors (Lipinski definition) is 1. The highest BCUT2D eigenvalue weighted by Crippen LogP contribution is 2.26. The second-order valence-electron chi connectivity index (χ2n) is 4.65. The van der Waals surface area contributed by atoms with Crippen molar-refractivity contribution < 1.29 is 4.52 Å². The molecule has 0 spiro atoms. The Morgan fingerprint density at radius 3 is 3.11 bits per heavy atom. The Labute approximate surface area is 119 Å². The normalized spacial score (nSPS) is 15.5. The van der Waals surface area contributed by atoms with E-state index in [2.05, 4.69) is 49.2 Å². The zero-order valence-electron chi connectivity index (χ0n) is 10.5. The van der Waals surface area contributed by atoms with Gasteiger partial charge in [-0.3, -0.25) is 4.90 Å². The summed E-state index contributed by atoms with van der Waals surface area (Å²) >= 11 is 3.61. The fourth-order valence-corrected chi connectivity index (χ4v) is 3.00. The van der Waals surface area contributed by atoms with E-state index in [0.29, 0.717) is 24.8 Å². The molecule has 1 aliphatic heterocycles. The summed E-state index contributed by atoms with van der Waals surface area (Å²) in [5.41, 5.74) is 8.24. The van der Waals surface area contributed by atoms with Crippen molar-refractivity contribution in [2.75, 3.05) is 6.54 Å². The Hall–Kier alpha value is -1.24.